The molecule has 0 atom stereocenters. The monoisotopic (exact) mass is 340 g/mol. The van der Waals surface area contributed by atoms with Crippen LogP contribution in [0.25, 0.3) is 10.2 Å². The molecule has 0 unspecified atom stereocenters. The second kappa shape index (κ2) is 6.83. The summed E-state index contributed by atoms with van der Waals surface area (Å²) in [5.41, 5.74) is 0.979. The Balaban J connectivity index is 2.57. The molecule has 22 heavy (non-hydrogen) atoms. The van der Waals surface area contributed by atoms with Gasteiger partial charge in [0.1, 0.15) is 4.83 Å². The Bertz CT molecular complexity index is 762. The lowest BCUT2D eigenvalue weighted by Crippen LogP contribution is -2.25. The van der Waals surface area contributed by atoms with Crippen LogP contribution < -0.4 is 5.56 Å². The lowest BCUT2D eigenvalue weighted by molar-refractivity contribution is -0.137. The van der Waals surface area contributed by atoms with Crippen LogP contribution in [0.1, 0.15) is 24.3 Å². The van der Waals surface area contributed by atoms with Crippen LogP contribution in [0.15, 0.2) is 9.95 Å². The van der Waals surface area contributed by atoms with Crippen LogP contribution >= 0.6 is 23.1 Å². The largest absolute Gasteiger partial charge is 0.468 e. The Hall–Kier alpha value is -1.34. The molecular weight excluding hydrogens is 320 g/mol. The number of methoxy groups -OCH3 is 1. The molecule has 0 radical (unpaired) electrons. The van der Waals surface area contributed by atoms with E-state index in [-0.39, 0.29) is 17.3 Å². The maximum absolute atomic E-state index is 12.8. The molecule has 0 bridgehead atoms. The first kappa shape index (κ1) is 17.0. The maximum atomic E-state index is 12.8. The van der Waals surface area contributed by atoms with Crippen LogP contribution in [-0.2, 0) is 16.1 Å². The van der Waals surface area contributed by atoms with Crippen molar-refractivity contribution in [3.8, 4) is 0 Å². The number of esters is 1. The van der Waals surface area contributed by atoms with E-state index in [0.29, 0.717) is 23.0 Å². The van der Waals surface area contributed by atoms with Crippen LogP contribution in [0.2, 0.25) is 0 Å². The maximum Gasteiger partial charge on any atom is 0.316 e. The Kier molecular flexibility index (Phi) is 5.28. The molecule has 0 aliphatic heterocycles. The summed E-state index contributed by atoms with van der Waals surface area (Å²) in [5.74, 6) is 0.138. The molecule has 0 saturated carbocycles. The highest BCUT2D eigenvalue weighted by molar-refractivity contribution is 7.99. The van der Waals surface area contributed by atoms with Crippen molar-refractivity contribution < 1.29 is 9.53 Å². The SMILES string of the molecule is COC(=O)CSc1nc2sc(C)c(C)c2c(=O)n1CC(C)C. The van der Waals surface area contributed by atoms with Crippen molar-refractivity contribution in [1.29, 1.82) is 0 Å². The van der Waals surface area contributed by atoms with Gasteiger partial charge in [0.05, 0.1) is 18.2 Å². The summed E-state index contributed by atoms with van der Waals surface area (Å²) in [7, 11) is 1.35. The highest BCUT2D eigenvalue weighted by Crippen LogP contribution is 2.28. The van der Waals surface area contributed by atoms with E-state index in [2.05, 4.69) is 23.6 Å². The minimum absolute atomic E-state index is 0.0204. The number of carbonyl (C=O) groups excluding carboxylic acids is 1. The summed E-state index contributed by atoms with van der Waals surface area (Å²) in [6, 6.07) is 0. The molecule has 2 aromatic heterocycles. The van der Waals surface area contributed by atoms with E-state index in [4.69, 9.17) is 0 Å². The third kappa shape index (κ3) is 3.35. The van der Waals surface area contributed by atoms with Crippen molar-refractivity contribution >= 4 is 39.3 Å². The van der Waals surface area contributed by atoms with Gasteiger partial charge in [-0.15, -0.1) is 11.3 Å². The quantitative estimate of drug-likeness (QED) is 0.476. The van der Waals surface area contributed by atoms with Gasteiger partial charge in [-0.2, -0.15) is 0 Å². The van der Waals surface area contributed by atoms with E-state index in [1.807, 2.05) is 13.8 Å². The van der Waals surface area contributed by atoms with Gasteiger partial charge >= 0.3 is 5.97 Å². The summed E-state index contributed by atoms with van der Waals surface area (Å²) in [5, 5.41) is 1.28. The number of aryl methyl sites for hydroxylation is 2. The van der Waals surface area contributed by atoms with E-state index in [1.54, 1.807) is 4.57 Å². The first-order valence-corrected chi connectivity index (χ1v) is 8.85. The van der Waals surface area contributed by atoms with Gasteiger partial charge in [-0.1, -0.05) is 25.6 Å². The Morgan fingerprint density at radius 3 is 2.68 bits per heavy atom. The molecule has 0 amide bonds. The number of nitrogens with zero attached hydrogens (tertiary/aromatic N) is 2. The zero-order chi connectivity index (χ0) is 16.4. The molecule has 0 aliphatic carbocycles. The second-order valence-corrected chi connectivity index (χ2v) is 7.68. The number of ether oxygens (including phenoxy) is 1. The number of thiophene rings is 1. The van der Waals surface area contributed by atoms with Gasteiger partial charge < -0.3 is 4.74 Å². The molecule has 0 spiro atoms. The van der Waals surface area contributed by atoms with E-state index >= 15 is 0 Å². The summed E-state index contributed by atoms with van der Waals surface area (Å²) in [6.45, 7) is 8.64. The summed E-state index contributed by atoms with van der Waals surface area (Å²) in [6.07, 6.45) is 0. The lowest BCUT2D eigenvalue weighted by Gasteiger charge is -2.13. The topological polar surface area (TPSA) is 61.2 Å². The predicted molar refractivity (Wildman–Crippen MR) is 90.9 cm³/mol. The first-order chi connectivity index (χ1) is 10.3. The second-order valence-electron chi connectivity index (χ2n) is 5.53. The molecule has 0 fully saturated rings. The molecule has 120 valence electrons. The van der Waals surface area contributed by atoms with Crippen LogP contribution in [-0.4, -0.2) is 28.4 Å². The number of thioether (sulfide) groups is 1. The van der Waals surface area contributed by atoms with Crippen LogP contribution in [0, 0.1) is 19.8 Å². The number of hydrogen-bond acceptors (Lipinski definition) is 6. The van der Waals surface area contributed by atoms with Crippen LogP contribution in [0.4, 0.5) is 0 Å². The fraction of sp³-hybridized carbons (Fsp3) is 0.533. The van der Waals surface area contributed by atoms with Gasteiger partial charge in [-0.25, -0.2) is 4.98 Å². The van der Waals surface area contributed by atoms with E-state index in [1.165, 1.54) is 30.2 Å². The molecule has 5 nitrogen and oxygen atoms in total. The molecule has 2 heterocycles. The third-order valence-corrected chi connectivity index (χ3v) is 5.40. The fourth-order valence-electron chi connectivity index (χ4n) is 2.13. The van der Waals surface area contributed by atoms with E-state index in [0.717, 1.165) is 15.3 Å². The van der Waals surface area contributed by atoms with Gasteiger partial charge in [-0.05, 0) is 25.3 Å². The molecule has 2 rings (SSSR count). The highest BCUT2D eigenvalue weighted by atomic mass is 32.2. The Morgan fingerprint density at radius 1 is 1.41 bits per heavy atom. The Labute approximate surface area is 137 Å². The minimum Gasteiger partial charge on any atom is -0.468 e. The molecular formula is C15H20N2O3S2. The van der Waals surface area contributed by atoms with Crippen molar-refractivity contribution in [1.82, 2.24) is 9.55 Å². The molecule has 2 aromatic rings. The van der Waals surface area contributed by atoms with Crippen molar-refractivity contribution in [2.75, 3.05) is 12.9 Å². The zero-order valence-corrected chi connectivity index (χ0v) is 15.1. The van der Waals surface area contributed by atoms with E-state index < -0.39 is 0 Å². The number of carbonyl (C=O) groups is 1. The summed E-state index contributed by atoms with van der Waals surface area (Å²) in [4.78, 5) is 30.7. The number of hydrogen-bond donors (Lipinski definition) is 0. The van der Waals surface area contributed by atoms with Gasteiger partial charge in [-0.3, -0.25) is 14.2 Å². The molecule has 0 aromatic carbocycles. The fourth-order valence-corrected chi connectivity index (χ4v) is 4.04. The zero-order valence-electron chi connectivity index (χ0n) is 13.4. The molecule has 0 N–H and O–H groups in total. The third-order valence-electron chi connectivity index (χ3n) is 3.35. The average molecular weight is 340 g/mol. The van der Waals surface area contributed by atoms with Crippen molar-refractivity contribution in [3.63, 3.8) is 0 Å². The first-order valence-electron chi connectivity index (χ1n) is 7.05. The smallest absolute Gasteiger partial charge is 0.316 e. The van der Waals surface area contributed by atoms with Crippen molar-refractivity contribution in [2.45, 2.75) is 39.4 Å². The lowest BCUT2D eigenvalue weighted by atomic mass is 10.2. The molecule has 7 heteroatoms. The van der Waals surface area contributed by atoms with Gasteiger partial charge in [0.2, 0.25) is 0 Å². The summed E-state index contributed by atoms with van der Waals surface area (Å²) >= 11 is 2.77. The van der Waals surface area contributed by atoms with E-state index in [9.17, 15) is 9.59 Å². The Morgan fingerprint density at radius 2 is 2.09 bits per heavy atom. The van der Waals surface area contributed by atoms with Crippen molar-refractivity contribution in [3.05, 3.63) is 20.8 Å². The van der Waals surface area contributed by atoms with Gasteiger partial charge in [0, 0.05) is 11.4 Å². The van der Waals surface area contributed by atoms with Crippen LogP contribution in [0.3, 0.4) is 0 Å². The normalized spacial score (nSPS) is 11.4. The molecule has 0 aliphatic rings. The number of fused-ring (bicyclic) bond motifs is 1. The predicted octanol–water partition coefficient (Wildman–Crippen LogP) is 3.00. The minimum atomic E-state index is -0.325. The van der Waals surface area contributed by atoms with Gasteiger partial charge in [0.15, 0.2) is 5.16 Å². The number of rotatable bonds is 5. The van der Waals surface area contributed by atoms with Crippen molar-refractivity contribution in [2.24, 2.45) is 5.92 Å². The average Bonchev–Trinajstić information content (AvgIpc) is 2.74. The van der Waals surface area contributed by atoms with Gasteiger partial charge in [0.25, 0.3) is 5.56 Å². The molecule has 0 saturated heterocycles. The highest BCUT2D eigenvalue weighted by Gasteiger charge is 2.18. The summed E-state index contributed by atoms with van der Waals surface area (Å²) < 4.78 is 6.34. The number of aromatic nitrogens is 2. The standard InChI is InChI=1S/C15H20N2O3S2/c1-8(2)6-17-14(19)12-9(3)10(4)22-13(12)16-15(17)21-7-11(18)20-5/h8H,6-7H2,1-5H3. The van der Waals surface area contributed by atoms with Crippen LogP contribution in [0.5, 0.6) is 0 Å².